The minimum atomic E-state index is -0.168. The summed E-state index contributed by atoms with van der Waals surface area (Å²) in [6, 6.07) is 5.85. The first-order valence-electron chi connectivity index (χ1n) is 9.34. The molecule has 140 valence electrons. The Morgan fingerprint density at radius 3 is 2.93 bits per heavy atom. The lowest BCUT2D eigenvalue weighted by Crippen LogP contribution is -2.42. The minimum absolute atomic E-state index is 0.0281. The van der Waals surface area contributed by atoms with Gasteiger partial charge in [-0.05, 0) is 31.4 Å². The van der Waals surface area contributed by atoms with Crippen molar-refractivity contribution in [2.24, 2.45) is 13.0 Å². The summed E-state index contributed by atoms with van der Waals surface area (Å²) in [7, 11) is 1.82. The Morgan fingerprint density at radius 2 is 2.15 bits per heavy atom. The van der Waals surface area contributed by atoms with Gasteiger partial charge >= 0.3 is 0 Å². The van der Waals surface area contributed by atoms with Gasteiger partial charge in [0.15, 0.2) is 5.82 Å². The van der Waals surface area contributed by atoms with E-state index in [1.165, 1.54) is 0 Å². The van der Waals surface area contributed by atoms with Crippen LogP contribution in [0.15, 0.2) is 43.0 Å². The maximum absolute atomic E-state index is 12.7. The molecule has 1 amide bonds. The van der Waals surface area contributed by atoms with E-state index in [9.17, 15) is 9.59 Å². The smallest absolute Gasteiger partial charge is 0.222 e. The first-order chi connectivity index (χ1) is 13.1. The third-order valence-electron chi connectivity index (χ3n) is 5.20. The number of fused-ring (bicyclic) bond motifs is 1. The Balaban J connectivity index is 1.37. The highest BCUT2D eigenvalue weighted by Gasteiger charge is 2.30. The van der Waals surface area contributed by atoms with E-state index in [1.54, 1.807) is 17.0 Å². The predicted molar refractivity (Wildman–Crippen MR) is 100 cm³/mol. The normalized spacial score (nSPS) is 17.4. The van der Waals surface area contributed by atoms with Crippen molar-refractivity contribution in [3.05, 3.63) is 54.5 Å². The topological polar surface area (TPSA) is 72.5 Å². The fourth-order valence-corrected chi connectivity index (χ4v) is 3.70. The first-order valence-corrected chi connectivity index (χ1v) is 9.34. The zero-order valence-corrected chi connectivity index (χ0v) is 15.4. The zero-order valence-electron chi connectivity index (χ0n) is 15.4. The average Bonchev–Trinajstić information content (AvgIpc) is 3.31. The van der Waals surface area contributed by atoms with Crippen LogP contribution < -0.4 is 0 Å². The summed E-state index contributed by atoms with van der Waals surface area (Å²) < 4.78 is 3.70. The summed E-state index contributed by atoms with van der Waals surface area (Å²) in [6.07, 6.45) is 9.99. The number of carbonyl (C=O) groups is 2. The second kappa shape index (κ2) is 7.34. The Hall–Kier alpha value is -2.96. The maximum Gasteiger partial charge on any atom is 0.222 e. The van der Waals surface area contributed by atoms with Crippen molar-refractivity contribution in [1.82, 2.24) is 23.8 Å². The quantitative estimate of drug-likeness (QED) is 0.649. The van der Waals surface area contributed by atoms with Crippen molar-refractivity contribution in [2.45, 2.75) is 25.7 Å². The number of rotatable bonds is 5. The van der Waals surface area contributed by atoms with Crippen LogP contribution in [-0.2, 0) is 18.3 Å². The third kappa shape index (κ3) is 3.63. The fraction of sp³-hybridized carbons (Fsp3) is 0.400. The number of aromatic nitrogens is 4. The molecule has 27 heavy (non-hydrogen) atoms. The van der Waals surface area contributed by atoms with Crippen LogP contribution in [0.1, 0.15) is 35.6 Å². The molecule has 1 saturated heterocycles. The first kappa shape index (κ1) is 17.5. The summed E-state index contributed by atoms with van der Waals surface area (Å²) in [5.41, 5.74) is 1.80. The summed E-state index contributed by atoms with van der Waals surface area (Å²) in [5.74, 6) is 0.419. The van der Waals surface area contributed by atoms with Crippen LogP contribution in [-0.4, -0.2) is 48.6 Å². The molecule has 1 unspecified atom stereocenters. The number of piperidine rings is 1. The zero-order chi connectivity index (χ0) is 18.8. The Labute approximate surface area is 157 Å². The summed E-state index contributed by atoms with van der Waals surface area (Å²) in [6.45, 7) is 1.20. The van der Waals surface area contributed by atoms with Gasteiger partial charge in [0.2, 0.25) is 11.7 Å². The van der Waals surface area contributed by atoms with Gasteiger partial charge in [0, 0.05) is 57.3 Å². The van der Waals surface area contributed by atoms with Crippen molar-refractivity contribution in [3.8, 4) is 0 Å². The predicted octanol–water partition coefficient (Wildman–Crippen LogP) is 2.12. The Bertz CT molecular complexity index is 941. The molecule has 1 atom stereocenters. The standard InChI is InChI=1S/C20H23N5O2/c1-23-12-9-21-20(23)19(27)15-5-4-11-25(13-15)18(26)8-7-16-14-24-10-3-2-6-17(24)22-16/h2-3,6,9-10,12,14-15H,4-5,7-8,11,13H2,1H3. The second-order valence-electron chi connectivity index (χ2n) is 7.10. The number of aryl methyl sites for hydroxylation is 2. The van der Waals surface area contributed by atoms with Crippen LogP contribution in [0.2, 0.25) is 0 Å². The molecule has 0 radical (unpaired) electrons. The number of nitrogens with zero attached hydrogens (tertiary/aromatic N) is 5. The molecular weight excluding hydrogens is 342 g/mol. The number of hydrogen-bond acceptors (Lipinski definition) is 4. The summed E-state index contributed by atoms with van der Waals surface area (Å²) >= 11 is 0. The lowest BCUT2D eigenvalue weighted by molar-refractivity contribution is -0.132. The second-order valence-corrected chi connectivity index (χ2v) is 7.10. The van der Waals surface area contributed by atoms with Gasteiger partial charge in [-0.3, -0.25) is 9.59 Å². The molecule has 4 rings (SSSR count). The SMILES string of the molecule is Cn1ccnc1C(=O)C1CCCN(C(=O)CCc2cn3ccccc3n2)C1. The number of imidazole rings is 2. The number of ketones is 1. The number of carbonyl (C=O) groups excluding carboxylic acids is 2. The monoisotopic (exact) mass is 365 g/mol. The van der Waals surface area contributed by atoms with Gasteiger partial charge in [0.1, 0.15) is 5.65 Å². The van der Waals surface area contributed by atoms with Crippen LogP contribution in [0.4, 0.5) is 0 Å². The van der Waals surface area contributed by atoms with E-state index < -0.39 is 0 Å². The molecule has 0 bridgehead atoms. The third-order valence-corrected chi connectivity index (χ3v) is 5.20. The van der Waals surface area contributed by atoms with E-state index in [0.29, 0.717) is 31.8 Å². The highest BCUT2D eigenvalue weighted by molar-refractivity contribution is 5.95. The Morgan fingerprint density at radius 1 is 1.26 bits per heavy atom. The molecule has 3 aromatic heterocycles. The van der Waals surface area contributed by atoms with Gasteiger partial charge in [-0.1, -0.05) is 6.07 Å². The number of pyridine rings is 1. The van der Waals surface area contributed by atoms with Gasteiger partial charge in [0.25, 0.3) is 0 Å². The molecular formula is C20H23N5O2. The molecule has 1 fully saturated rings. The molecule has 1 aliphatic rings. The molecule has 0 N–H and O–H groups in total. The van der Waals surface area contributed by atoms with Gasteiger partial charge in [-0.2, -0.15) is 0 Å². The van der Waals surface area contributed by atoms with Crippen LogP contribution >= 0.6 is 0 Å². The lowest BCUT2D eigenvalue weighted by Gasteiger charge is -2.32. The minimum Gasteiger partial charge on any atom is -0.342 e. The Kier molecular flexibility index (Phi) is 4.75. The van der Waals surface area contributed by atoms with Crippen molar-refractivity contribution in [1.29, 1.82) is 0 Å². The largest absolute Gasteiger partial charge is 0.342 e. The van der Waals surface area contributed by atoms with E-state index in [-0.39, 0.29) is 17.6 Å². The van der Waals surface area contributed by atoms with Gasteiger partial charge in [0.05, 0.1) is 5.69 Å². The average molecular weight is 365 g/mol. The van der Waals surface area contributed by atoms with Crippen LogP contribution in [0, 0.1) is 5.92 Å². The van der Waals surface area contributed by atoms with Crippen LogP contribution in [0.3, 0.4) is 0 Å². The summed E-state index contributed by atoms with van der Waals surface area (Å²) in [4.78, 5) is 35.9. The fourth-order valence-electron chi connectivity index (χ4n) is 3.70. The van der Waals surface area contributed by atoms with Crippen molar-refractivity contribution >= 4 is 17.3 Å². The molecule has 7 nitrogen and oxygen atoms in total. The maximum atomic E-state index is 12.7. The number of hydrogen-bond donors (Lipinski definition) is 0. The molecule has 0 spiro atoms. The van der Waals surface area contributed by atoms with E-state index >= 15 is 0 Å². The lowest BCUT2D eigenvalue weighted by atomic mass is 9.93. The molecule has 0 aliphatic carbocycles. The molecule has 3 aromatic rings. The van der Waals surface area contributed by atoms with Crippen LogP contribution in [0.25, 0.3) is 5.65 Å². The van der Waals surface area contributed by atoms with E-state index in [2.05, 4.69) is 9.97 Å². The van der Waals surface area contributed by atoms with Gasteiger partial charge in [-0.25, -0.2) is 9.97 Å². The van der Waals surface area contributed by atoms with Crippen molar-refractivity contribution in [2.75, 3.05) is 13.1 Å². The molecule has 0 saturated carbocycles. The van der Waals surface area contributed by atoms with Gasteiger partial charge < -0.3 is 13.9 Å². The number of likely N-dealkylation sites (tertiary alicyclic amines) is 1. The van der Waals surface area contributed by atoms with Crippen molar-refractivity contribution in [3.63, 3.8) is 0 Å². The van der Waals surface area contributed by atoms with E-state index in [0.717, 1.165) is 24.2 Å². The van der Waals surface area contributed by atoms with Gasteiger partial charge in [-0.15, -0.1) is 0 Å². The highest BCUT2D eigenvalue weighted by atomic mass is 16.2. The summed E-state index contributed by atoms with van der Waals surface area (Å²) in [5, 5.41) is 0. The number of amides is 1. The number of Topliss-reactive ketones (excluding diaryl/α,β-unsaturated/α-hetero) is 1. The molecule has 1 aliphatic heterocycles. The molecule has 7 heteroatoms. The van der Waals surface area contributed by atoms with Crippen molar-refractivity contribution < 1.29 is 9.59 Å². The molecule has 0 aromatic carbocycles. The van der Waals surface area contributed by atoms with Crippen LogP contribution in [0.5, 0.6) is 0 Å². The van der Waals surface area contributed by atoms with E-state index in [1.807, 2.05) is 46.9 Å². The molecule has 4 heterocycles. The highest BCUT2D eigenvalue weighted by Crippen LogP contribution is 2.21. The van der Waals surface area contributed by atoms with E-state index in [4.69, 9.17) is 0 Å².